The number of benzene rings is 1. The fourth-order valence-electron chi connectivity index (χ4n) is 4.79. The Morgan fingerprint density at radius 1 is 0.897 bits per heavy atom. The van der Waals surface area contributed by atoms with Crippen LogP contribution in [0, 0.1) is 5.41 Å². The molecule has 0 saturated carbocycles. The maximum Gasteiger partial charge on any atom is 0.123 e. The Labute approximate surface area is 177 Å². The van der Waals surface area contributed by atoms with Crippen LogP contribution in [-0.2, 0) is 15.6 Å². The predicted molar refractivity (Wildman–Crippen MR) is 124 cm³/mol. The molecule has 0 amide bonds. The molecular weight excluding hydrogens is 354 g/mol. The van der Waals surface area contributed by atoms with E-state index in [2.05, 4.69) is 89.8 Å². The largest absolute Gasteiger partial charge is 0.462 e. The fraction of sp³-hybridized carbons (Fsp3) is 0.556. The molecule has 1 aromatic rings. The monoisotopic (exact) mass is 391 g/mol. The summed E-state index contributed by atoms with van der Waals surface area (Å²) in [5.41, 5.74) is 6.33. The van der Waals surface area contributed by atoms with Crippen LogP contribution in [0.15, 0.2) is 41.9 Å². The quantitative estimate of drug-likeness (QED) is 0.533. The molecule has 3 aliphatic rings. The molecule has 0 spiro atoms. The summed E-state index contributed by atoms with van der Waals surface area (Å²) in [6, 6.07) is 4.85. The highest BCUT2D eigenvalue weighted by Crippen LogP contribution is 2.49. The number of ether oxygens (including phenoxy) is 1. The molecule has 1 aromatic carbocycles. The average molecular weight is 392 g/mol. The van der Waals surface area contributed by atoms with Gasteiger partial charge in [0.15, 0.2) is 0 Å². The van der Waals surface area contributed by atoms with E-state index >= 15 is 0 Å². The molecule has 0 aromatic heterocycles. The second kappa shape index (κ2) is 6.79. The van der Waals surface area contributed by atoms with Gasteiger partial charge in [-0.15, -0.1) is 0 Å². The Bertz CT molecular complexity index is 864. The van der Waals surface area contributed by atoms with Crippen molar-refractivity contribution in [1.82, 2.24) is 0 Å². The van der Waals surface area contributed by atoms with E-state index in [0.717, 1.165) is 17.9 Å². The van der Waals surface area contributed by atoms with Crippen molar-refractivity contribution in [2.45, 2.75) is 78.6 Å². The zero-order valence-electron chi connectivity index (χ0n) is 19.4. The fourth-order valence-corrected chi connectivity index (χ4v) is 4.79. The summed E-state index contributed by atoms with van der Waals surface area (Å²) >= 11 is 0. The second-order valence-corrected chi connectivity index (χ2v) is 11.3. The van der Waals surface area contributed by atoms with Crippen LogP contribution in [0.3, 0.4) is 0 Å². The molecule has 2 heteroatoms. The minimum absolute atomic E-state index is 0.0425. The highest BCUT2D eigenvalue weighted by atomic mass is 16.5. The van der Waals surface area contributed by atoms with Crippen LogP contribution >= 0.6 is 0 Å². The third-order valence-electron chi connectivity index (χ3n) is 6.95. The van der Waals surface area contributed by atoms with E-state index in [-0.39, 0.29) is 16.2 Å². The van der Waals surface area contributed by atoms with E-state index in [0.29, 0.717) is 0 Å². The van der Waals surface area contributed by atoms with Gasteiger partial charge in [-0.2, -0.15) is 0 Å². The molecule has 4 rings (SSSR count). The van der Waals surface area contributed by atoms with Gasteiger partial charge < -0.3 is 9.64 Å². The standard InChI is InChI=1S/C27H37NO/c1-25(2,3)23-10-8-9-20(29-23)12-11-19-17-21-24-22(18-19)27(6,7)14-16-28(24)15-13-26(21,4)5/h9-12,17-18H,8,13-16H2,1-7H3/b12-11+. The lowest BCUT2D eigenvalue weighted by Gasteiger charge is -2.48. The van der Waals surface area contributed by atoms with Gasteiger partial charge in [-0.05, 0) is 77.1 Å². The van der Waals surface area contributed by atoms with E-state index < -0.39 is 0 Å². The molecule has 0 aliphatic carbocycles. The number of allylic oxidation sites excluding steroid dienone is 4. The van der Waals surface area contributed by atoms with Crippen LogP contribution in [0.1, 0.15) is 84.4 Å². The normalized spacial score (nSPS) is 22.7. The highest BCUT2D eigenvalue weighted by molar-refractivity contribution is 5.72. The number of hydrogen-bond donors (Lipinski definition) is 0. The number of anilines is 1. The molecule has 156 valence electrons. The van der Waals surface area contributed by atoms with Crippen LogP contribution in [0.25, 0.3) is 6.08 Å². The summed E-state index contributed by atoms with van der Waals surface area (Å²) in [6.07, 6.45) is 12.1. The van der Waals surface area contributed by atoms with Gasteiger partial charge in [0.2, 0.25) is 0 Å². The molecule has 0 N–H and O–H groups in total. The first-order valence-corrected chi connectivity index (χ1v) is 11.2. The van der Waals surface area contributed by atoms with Gasteiger partial charge >= 0.3 is 0 Å². The average Bonchev–Trinajstić information content (AvgIpc) is 2.64. The molecule has 3 aliphatic heterocycles. The van der Waals surface area contributed by atoms with E-state index in [9.17, 15) is 0 Å². The van der Waals surface area contributed by atoms with Crippen LogP contribution in [-0.4, -0.2) is 13.1 Å². The second-order valence-electron chi connectivity index (χ2n) is 11.3. The molecule has 29 heavy (non-hydrogen) atoms. The summed E-state index contributed by atoms with van der Waals surface area (Å²) < 4.78 is 6.18. The van der Waals surface area contributed by atoms with Gasteiger partial charge in [-0.1, -0.05) is 54.5 Å². The lowest BCUT2D eigenvalue weighted by Crippen LogP contribution is -2.44. The van der Waals surface area contributed by atoms with Crippen molar-refractivity contribution >= 4 is 11.8 Å². The summed E-state index contributed by atoms with van der Waals surface area (Å²) in [5, 5.41) is 0. The van der Waals surface area contributed by atoms with Gasteiger partial charge in [-0.3, -0.25) is 0 Å². The maximum absolute atomic E-state index is 6.18. The summed E-state index contributed by atoms with van der Waals surface area (Å²) in [7, 11) is 0. The van der Waals surface area contributed by atoms with Crippen LogP contribution < -0.4 is 4.90 Å². The first-order chi connectivity index (χ1) is 13.5. The van der Waals surface area contributed by atoms with Crippen LogP contribution in [0.5, 0.6) is 0 Å². The van der Waals surface area contributed by atoms with E-state index in [1.807, 2.05) is 0 Å². The van der Waals surface area contributed by atoms with Crippen molar-refractivity contribution in [3.05, 3.63) is 58.6 Å². The lowest BCUT2D eigenvalue weighted by atomic mass is 9.69. The molecule has 0 saturated heterocycles. The zero-order chi connectivity index (χ0) is 21.0. The molecule has 2 nitrogen and oxygen atoms in total. The van der Waals surface area contributed by atoms with E-state index in [4.69, 9.17) is 4.74 Å². The van der Waals surface area contributed by atoms with Crippen molar-refractivity contribution in [3.63, 3.8) is 0 Å². The summed E-state index contributed by atoms with van der Waals surface area (Å²) in [5.74, 6) is 2.03. The van der Waals surface area contributed by atoms with Crippen molar-refractivity contribution in [1.29, 1.82) is 0 Å². The van der Waals surface area contributed by atoms with Gasteiger partial charge in [0, 0.05) is 24.2 Å². The Morgan fingerprint density at radius 3 is 2.03 bits per heavy atom. The van der Waals surface area contributed by atoms with Crippen molar-refractivity contribution in [3.8, 4) is 0 Å². The predicted octanol–water partition coefficient (Wildman–Crippen LogP) is 7.10. The first-order valence-electron chi connectivity index (χ1n) is 11.2. The van der Waals surface area contributed by atoms with Crippen molar-refractivity contribution in [2.24, 2.45) is 5.41 Å². The summed E-state index contributed by atoms with van der Waals surface area (Å²) in [4.78, 5) is 2.63. The number of nitrogens with zero attached hydrogens (tertiary/aromatic N) is 1. The van der Waals surface area contributed by atoms with Crippen molar-refractivity contribution < 1.29 is 4.74 Å². The minimum atomic E-state index is 0.0425. The van der Waals surface area contributed by atoms with E-state index in [1.165, 1.54) is 48.3 Å². The van der Waals surface area contributed by atoms with E-state index in [1.54, 1.807) is 0 Å². The Morgan fingerprint density at radius 2 is 1.48 bits per heavy atom. The number of rotatable bonds is 2. The molecule has 0 atom stereocenters. The van der Waals surface area contributed by atoms with Crippen LogP contribution in [0.2, 0.25) is 0 Å². The Hall–Kier alpha value is -1.96. The summed E-state index contributed by atoms with van der Waals surface area (Å²) in [6.45, 7) is 18.6. The van der Waals surface area contributed by atoms with Crippen molar-refractivity contribution in [2.75, 3.05) is 18.0 Å². The Kier molecular flexibility index (Phi) is 4.76. The van der Waals surface area contributed by atoms with Gasteiger partial charge in [0.1, 0.15) is 11.5 Å². The van der Waals surface area contributed by atoms with Crippen LogP contribution in [0.4, 0.5) is 5.69 Å². The molecule has 0 unspecified atom stereocenters. The zero-order valence-corrected chi connectivity index (χ0v) is 19.4. The van der Waals surface area contributed by atoms with Gasteiger partial charge in [-0.25, -0.2) is 0 Å². The third-order valence-corrected chi connectivity index (χ3v) is 6.95. The molecule has 0 radical (unpaired) electrons. The van der Waals surface area contributed by atoms with Gasteiger partial charge in [0.05, 0.1) is 0 Å². The topological polar surface area (TPSA) is 12.5 Å². The first kappa shape index (κ1) is 20.3. The number of hydrogen-bond acceptors (Lipinski definition) is 2. The maximum atomic E-state index is 6.18. The highest BCUT2D eigenvalue weighted by Gasteiger charge is 2.39. The lowest BCUT2D eigenvalue weighted by molar-refractivity contribution is 0.220. The third kappa shape index (κ3) is 3.79. The van der Waals surface area contributed by atoms with Gasteiger partial charge in [0.25, 0.3) is 0 Å². The molecule has 0 bridgehead atoms. The Balaban J connectivity index is 1.70. The molecular formula is C27H37NO. The minimum Gasteiger partial charge on any atom is -0.462 e. The molecule has 3 heterocycles. The molecule has 0 fully saturated rings. The smallest absolute Gasteiger partial charge is 0.123 e. The SMILES string of the molecule is CC(C)(C)C1=CCC=C(/C=C/c2cc3c4c(c2)C(C)(C)CCN4CCC3(C)C)O1.